The Bertz CT molecular complexity index is 916. The smallest absolute Gasteiger partial charge is 0.411 e. The van der Waals surface area contributed by atoms with E-state index in [1.165, 1.54) is 11.3 Å². The van der Waals surface area contributed by atoms with Crippen molar-refractivity contribution in [2.45, 2.75) is 45.8 Å². The molecule has 2 heterocycles. The second kappa shape index (κ2) is 10.8. The van der Waals surface area contributed by atoms with Gasteiger partial charge in [-0.25, -0.2) is 14.6 Å². The summed E-state index contributed by atoms with van der Waals surface area (Å²) in [4.78, 5) is 30.9. The number of para-hydroxylation sites is 1. The van der Waals surface area contributed by atoms with Crippen molar-refractivity contribution in [2.24, 2.45) is 5.92 Å². The van der Waals surface area contributed by atoms with E-state index in [9.17, 15) is 9.59 Å². The van der Waals surface area contributed by atoms with Crippen molar-refractivity contribution in [2.75, 3.05) is 32.1 Å². The van der Waals surface area contributed by atoms with Crippen LogP contribution in [-0.2, 0) is 20.8 Å². The molecule has 0 spiro atoms. The monoisotopic (exact) mass is 461 g/mol. The number of anilines is 1. The predicted molar refractivity (Wildman–Crippen MR) is 124 cm³/mol. The number of amides is 2. The Labute approximate surface area is 192 Å². The van der Waals surface area contributed by atoms with Gasteiger partial charge in [-0.15, -0.1) is 11.3 Å². The van der Waals surface area contributed by atoms with Crippen molar-refractivity contribution in [3.63, 3.8) is 0 Å². The number of thiazole rings is 1. The number of hydrogen-bond acceptors (Lipinski definition) is 7. The molecule has 2 aromatic rings. The average molecular weight is 462 g/mol. The van der Waals surface area contributed by atoms with Gasteiger partial charge in [0.25, 0.3) is 0 Å². The Morgan fingerprint density at radius 1 is 1.22 bits per heavy atom. The molecule has 1 aromatic heterocycles. The first-order valence-electron chi connectivity index (χ1n) is 10.7. The summed E-state index contributed by atoms with van der Waals surface area (Å²) in [6.07, 6.45) is 0.748. The number of nitrogens with one attached hydrogen (secondary N) is 1. The van der Waals surface area contributed by atoms with Gasteiger partial charge in [0, 0.05) is 31.1 Å². The lowest BCUT2D eigenvalue weighted by Gasteiger charge is -2.33. The molecule has 1 saturated heterocycles. The lowest BCUT2D eigenvalue weighted by Crippen LogP contribution is -2.42. The van der Waals surface area contributed by atoms with Crippen molar-refractivity contribution in [1.29, 1.82) is 0 Å². The molecule has 0 bridgehead atoms. The summed E-state index contributed by atoms with van der Waals surface area (Å²) in [5, 5.41) is 5.58. The highest BCUT2D eigenvalue weighted by molar-refractivity contribution is 7.13. The highest BCUT2D eigenvalue weighted by Crippen LogP contribution is 2.31. The van der Waals surface area contributed by atoms with Crippen LogP contribution in [0.5, 0.6) is 0 Å². The van der Waals surface area contributed by atoms with Gasteiger partial charge in [-0.3, -0.25) is 5.32 Å². The number of aromatic nitrogens is 1. The SMILES string of the molecule is COCc1csc(-c2ccccc2NC(=O)OCC2CCN(C(=O)OC(C)(C)C)CC2)n1. The molecule has 174 valence electrons. The van der Waals surface area contributed by atoms with E-state index in [0.29, 0.717) is 32.0 Å². The number of carbonyl (C=O) groups is 2. The molecule has 0 radical (unpaired) electrons. The standard InChI is InChI=1S/C23H31N3O5S/c1-23(2,3)31-22(28)26-11-9-16(10-12-26)13-30-21(27)25-19-8-6-5-7-18(19)20-24-17(14-29-4)15-32-20/h5-8,15-16H,9-14H2,1-4H3,(H,25,27). The molecule has 1 aliphatic heterocycles. The molecular formula is C23H31N3O5S. The normalized spacial score (nSPS) is 14.8. The summed E-state index contributed by atoms with van der Waals surface area (Å²) < 4.78 is 16.0. The lowest BCUT2D eigenvalue weighted by atomic mass is 9.98. The van der Waals surface area contributed by atoms with E-state index in [2.05, 4.69) is 10.3 Å². The van der Waals surface area contributed by atoms with Crippen LogP contribution >= 0.6 is 11.3 Å². The predicted octanol–water partition coefficient (Wildman–Crippen LogP) is 5.15. The Morgan fingerprint density at radius 2 is 1.94 bits per heavy atom. The maximum absolute atomic E-state index is 12.4. The minimum Gasteiger partial charge on any atom is -0.449 e. The molecule has 8 nitrogen and oxygen atoms in total. The van der Waals surface area contributed by atoms with Gasteiger partial charge >= 0.3 is 12.2 Å². The molecule has 0 atom stereocenters. The zero-order valence-electron chi connectivity index (χ0n) is 19.1. The van der Waals surface area contributed by atoms with Crippen LogP contribution in [0, 0.1) is 5.92 Å². The molecule has 32 heavy (non-hydrogen) atoms. The third-order valence-electron chi connectivity index (χ3n) is 4.95. The average Bonchev–Trinajstić information content (AvgIpc) is 3.20. The third-order valence-corrected chi connectivity index (χ3v) is 5.88. The molecular weight excluding hydrogens is 430 g/mol. The quantitative estimate of drug-likeness (QED) is 0.640. The van der Waals surface area contributed by atoms with Gasteiger partial charge in [0.2, 0.25) is 0 Å². The summed E-state index contributed by atoms with van der Waals surface area (Å²) in [6.45, 7) is 7.52. The first-order chi connectivity index (χ1) is 15.2. The minimum atomic E-state index is -0.505. The number of piperidine rings is 1. The van der Waals surface area contributed by atoms with Crippen LogP contribution in [0.2, 0.25) is 0 Å². The largest absolute Gasteiger partial charge is 0.449 e. The van der Waals surface area contributed by atoms with Crippen LogP contribution in [0.25, 0.3) is 10.6 Å². The molecule has 0 saturated carbocycles. The molecule has 9 heteroatoms. The Kier molecular flexibility index (Phi) is 8.09. The Balaban J connectivity index is 1.48. The van der Waals surface area contributed by atoms with Gasteiger partial charge in [0.15, 0.2) is 0 Å². The first kappa shape index (κ1) is 24.0. The second-order valence-electron chi connectivity index (χ2n) is 8.76. The van der Waals surface area contributed by atoms with E-state index < -0.39 is 11.7 Å². The van der Waals surface area contributed by atoms with E-state index in [1.54, 1.807) is 12.0 Å². The van der Waals surface area contributed by atoms with Crippen molar-refractivity contribution in [3.05, 3.63) is 35.3 Å². The van der Waals surface area contributed by atoms with Crippen LogP contribution in [0.3, 0.4) is 0 Å². The summed E-state index contributed by atoms with van der Waals surface area (Å²) in [7, 11) is 1.63. The molecule has 3 rings (SSSR count). The fraction of sp³-hybridized carbons (Fsp3) is 0.522. The maximum Gasteiger partial charge on any atom is 0.411 e. The number of hydrogen-bond donors (Lipinski definition) is 1. The van der Waals surface area contributed by atoms with Gasteiger partial charge < -0.3 is 19.1 Å². The molecule has 1 aliphatic rings. The second-order valence-corrected chi connectivity index (χ2v) is 9.61. The number of ether oxygens (including phenoxy) is 3. The fourth-order valence-electron chi connectivity index (χ4n) is 3.37. The first-order valence-corrected chi connectivity index (χ1v) is 11.6. The van der Waals surface area contributed by atoms with E-state index >= 15 is 0 Å². The zero-order chi connectivity index (χ0) is 23.1. The molecule has 1 N–H and O–H groups in total. The number of benzene rings is 1. The highest BCUT2D eigenvalue weighted by Gasteiger charge is 2.27. The summed E-state index contributed by atoms with van der Waals surface area (Å²) in [5.74, 6) is 0.213. The van der Waals surface area contributed by atoms with Gasteiger partial charge in [-0.2, -0.15) is 0 Å². The van der Waals surface area contributed by atoms with Crippen molar-refractivity contribution in [1.82, 2.24) is 9.88 Å². The number of methoxy groups -OCH3 is 1. The molecule has 1 aromatic carbocycles. The van der Waals surface area contributed by atoms with Gasteiger partial charge in [-0.1, -0.05) is 12.1 Å². The van der Waals surface area contributed by atoms with Crippen molar-refractivity contribution < 1.29 is 23.8 Å². The molecule has 0 unspecified atom stereocenters. The van der Waals surface area contributed by atoms with Crippen LogP contribution in [0.1, 0.15) is 39.3 Å². The number of rotatable bonds is 6. The van der Waals surface area contributed by atoms with Gasteiger partial charge in [-0.05, 0) is 51.7 Å². The van der Waals surface area contributed by atoms with E-state index in [-0.39, 0.29) is 12.0 Å². The van der Waals surface area contributed by atoms with E-state index in [4.69, 9.17) is 14.2 Å². The van der Waals surface area contributed by atoms with Crippen molar-refractivity contribution >= 4 is 29.2 Å². The van der Waals surface area contributed by atoms with E-state index in [1.807, 2.05) is 50.4 Å². The highest BCUT2D eigenvalue weighted by atomic mass is 32.1. The van der Waals surface area contributed by atoms with Gasteiger partial charge in [0.1, 0.15) is 10.6 Å². The Hall–Kier alpha value is -2.65. The van der Waals surface area contributed by atoms with Crippen LogP contribution in [0.15, 0.2) is 29.6 Å². The Morgan fingerprint density at radius 3 is 2.62 bits per heavy atom. The molecule has 1 fully saturated rings. The minimum absolute atomic E-state index is 0.213. The van der Waals surface area contributed by atoms with Crippen LogP contribution < -0.4 is 5.32 Å². The number of likely N-dealkylation sites (tertiary alicyclic amines) is 1. The zero-order valence-corrected chi connectivity index (χ0v) is 19.9. The molecule has 2 amide bonds. The van der Waals surface area contributed by atoms with Crippen molar-refractivity contribution in [3.8, 4) is 10.6 Å². The third kappa shape index (κ3) is 6.93. The van der Waals surface area contributed by atoms with Gasteiger partial charge in [0.05, 0.1) is 24.6 Å². The lowest BCUT2D eigenvalue weighted by molar-refractivity contribution is 0.0153. The summed E-state index contributed by atoms with van der Waals surface area (Å²) >= 11 is 1.50. The maximum atomic E-state index is 12.4. The van der Waals surface area contributed by atoms with E-state index in [0.717, 1.165) is 29.1 Å². The van der Waals surface area contributed by atoms with Crippen LogP contribution in [0.4, 0.5) is 15.3 Å². The summed E-state index contributed by atoms with van der Waals surface area (Å²) in [5.41, 5.74) is 1.83. The fourth-order valence-corrected chi connectivity index (χ4v) is 4.22. The van der Waals surface area contributed by atoms with Crippen LogP contribution in [-0.4, -0.2) is 54.5 Å². The summed E-state index contributed by atoms with van der Waals surface area (Å²) in [6, 6.07) is 7.50. The number of carbonyl (C=O) groups excluding carboxylic acids is 2. The molecule has 0 aliphatic carbocycles. The number of nitrogens with zero attached hydrogens (tertiary/aromatic N) is 2. The topological polar surface area (TPSA) is 90.0 Å².